The van der Waals surface area contributed by atoms with Gasteiger partial charge in [-0.15, -0.1) is 24.0 Å². The fraction of sp³-hybridized carbons (Fsp3) is 0.0714. The van der Waals surface area contributed by atoms with Gasteiger partial charge in [-0.3, -0.25) is 5.41 Å². The first-order chi connectivity index (χ1) is 9.19. The van der Waals surface area contributed by atoms with Crippen LogP contribution < -0.4 is 10.1 Å². The molecule has 6 heteroatoms. The lowest BCUT2D eigenvalue weighted by molar-refractivity contribution is 0.485. The van der Waals surface area contributed by atoms with E-state index in [-0.39, 0.29) is 24.0 Å². The molecule has 0 amide bonds. The summed E-state index contributed by atoms with van der Waals surface area (Å²) in [7, 11) is 0. The molecule has 2 aromatic rings. The minimum atomic E-state index is 0. The summed E-state index contributed by atoms with van der Waals surface area (Å²) in [5, 5.41) is 11.1. The Morgan fingerprint density at radius 3 is 2.45 bits per heavy atom. The highest BCUT2D eigenvalue weighted by molar-refractivity contribution is 14.0. The van der Waals surface area contributed by atoms with Crippen LogP contribution in [0.1, 0.15) is 0 Å². The minimum Gasteiger partial charge on any atom is -0.455 e. The second-order valence-electron chi connectivity index (χ2n) is 3.71. The van der Waals surface area contributed by atoms with Crippen molar-refractivity contribution in [2.45, 2.75) is 0 Å². The maximum atomic E-state index is 7.67. The molecule has 0 aliphatic rings. The number of anilines is 1. The van der Waals surface area contributed by atoms with Crippen LogP contribution in [0.4, 0.5) is 5.69 Å². The van der Waals surface area contributed by atoms with Gasteiger partial charge in [0, 0.05) is 4.47 Å². The predicted molar refractivity (Wildman–Crippen MR) is 101 cm³/mol. The van der Waals surface area contributed by atoms with Crippen LogP contribution in [0.15, 0.2) is 53.0 Å². The van der Waals surface area contributed by atoms with Crippen molar-refractivity contribution >= 4 is 62.5 Å². The topological polar surface area (TPSA) is 45.1 Å². The van der Waals surface area contributed by atoms with Crippen LogP contribution >= 0.6 is 51.7 Å². The van der Waals surface area contributed by atoms with E-state index in [1.807, 2.05) is 54.8 Å². The molecule has 0 heterocycles. The molecule has 0 bridgehead atoms. The number of ether oxygens (including phenoxy) is 1. The summed E-state index contributed by atoms with van der Waals surface area (Å²) in [6.07, 6.45) is 1.85. The van der Waals surface area contributed by atoms with Crippen LogP contribution in [-0.4, -0.2) is 11.4 Å². The summed E-state index contributed by atoms with van der Waals surface area (Å²) in [4.78, 5) is 0. The highest BCUT2D eigenvalue weighted by Gasteiger charge is 2.05. The minimum absolute atomic E-state index is 0. The van der Waals surface area contributed by atoms with E-state index >= 15 is 0 Å². The van der Waals surface area contributed by atoms with Crippen molar-refractivity contribution in [1.29, 1.82) is 5.41 Å². The van der Waals surface area contributed by atoms with Gasteiger partial charge in [0.25, 0.3) is 0 Å². The van der Waals surface area contributed by atoms with E-state index in [0.29, 0.717) is 10.9 Å². The molecule has 3 nitrogen and oxygen atoms in total. The summed E-state index contributed by atoms with van der Waals surface area (Å²) < 4.78 is 6.83. The normalized spacial score (nSPS) is 9.50. The van der Waals surface area contributed by atoms with E-state index in [4.69, 9.17) is 10.1 Å². The van der Waals surface area contributed by atoms with Crippen LogP contribution in [0.2, 0.25) is 0 Å². The highest BCUT2D eigenvalue weighted by atomic mass is 127. The fourth-order valence-corrected chi connectivity index (χ4v) is 1.94. The molecule has 0 saturated heterocycles. The molecule has 2 rings (SSSR count). The lowest BCUT2D eigenvalue weighted by Gasteiger charge is -2.12. The zero-order valence-electron chi connectivity index (χ0n) is 10.7. The van der Waals surface area contributed by atoms with Crippen molar-refractivity contribution in [2.24, 2.45) is 0 Å². The molecule has 106 valence electrons. The van der Waals surface area contributed by atoms with E-state index in [1.54, 1.807) is 0 Å². The first-order valence-electron chi connectivity index (χ1n) is 5.61. The van der Waals surface area contributed by atoms with Crippen LogP contribution in [0.5, 0.6) is 11.5 Å². The highest BCUT2D eigenvalue weighted by Crippen LogP contribution is 2.30. The number of hydrogen-bond acceptors (Lipinski definition) is 3. The smallest absolute Gasteiger partial charge is 0.158 e. The van der Waals surface area contributed by atoms with Crippen LogP contribution in [-0.2, 0) is 0 Å². The third-order valence-corrected chi connectivity index (χ3v) is 3.42. The van der Waals surface area contributed by atoms with Gasteiger partial charge >= 0.3 is 0 Å². The van der Waals surface area contributed by atoms with Gasteiger partial charge in [-0.1, -0.05) is 39.8 Å². The number of hydrogen-bond donors (Lipinski definition) is 2. The van der Waals surface area contributed by atoms with Crippen LogP contribution in [0.25, 0.3) is 0 Å². The van der Waals surface area contributed by atoms with Gasteiger partial charge in [0.15, 0.2) is 10.9 Å². The molecule has 0 atom stereocenters. The molecule has 0 unspecified atom stereocenters. The first kappa shape index (κ1) is 17.3. The molecule has 0 aliphatic heterocycles. The lowest BCUT2D eigenvalue weighted by Crippen LogP contribution is -2.06. The van der Waals surface area contributed by atoms with E-state index in [1.165, 1.54) is 11.8 Å². The number of nitrogens with one attached hydrogen (secondary N) is 2. The van der Waals surface area contributed by atoms with E-state index in [0.717, 1.165) is 15.9 Å². The molecular weight excluding hydrogens is 451 g/mol. The maximum Gasteiger partial charge on any atom is 0.158 e. The Balaban J connectivity index is 0.00000200. The summed E-state index contributed by atoms with van der Waals surface area (Å²) in [6.45, 7) is 0. The molecule has 0 spiro atoms. The van der Waals surface area contributed by atoms with Crippen molar-refractivity contribution in [3.05, 3.63) is 53.0 Å². The Kier molecular flexibility index (Phi) is 7.39. The molecule has 2 N–H and O–H groups in total. The number of halogens is 2. The second-order valence-corrected chi connectivity index (χ2v) is 5.44. The van der Waals surface area contributed by atoms with Crippen molar-refractivity contribution in [1.82, 2.24) is 0 Å². The van der Waals surface area contributed by atoms with E-state index < -0.39 is 0 Å². The maximum absolute atomic E-state index is 7.67. The van der Waals surface area contributed by atoms with Crippen LogP contribution in [0.3, 0.4) is 0 Å². The Morgan fingerprint density at radius 1 is 1.15 bits per heavy atom. The van der Waals surface area contributed by atoms with Crippen molar-refractivity contribution in [2.75, 3.05) is 11.6 Å². The Morgan fingerprint density at radius 2 is 1.80 bits per heavy atom. The van der Waals surface area contributed by atoms with Crippen molar-refractivity contribution < 1.29 is 4.74 Å². The van der Waals surface area contributed by atoms with Gasteiger partial charge in [-0.2, -0.15) is 0 Å². The molecule has 0 fully saturated rings. The zero-order valence-corrected chi connectivity index (χ0v) is 15.5. The molecule has 20 heavy (non-hydrogen) atoms. The number of benzene rings is 2. The Labute approximate surface area is 148 Å². The molecule has 0 radical (unpaired) electrons. The van der Waals surface area contributed by atoms with Gasteiger partial charge in [0.05, 0.1) is 5.69 Å². The number of amidine groups is 1. The van der Waals surface area contributed by atoms with Gasteiger partial charge in [-0.05, 0) is 42.7 Å². The van der Waals surface area contributed by atoms with Gasteiger partial charge in [0.1, 0.15) is 5.75 Å². The van der Waals surface area contributed by atoms with Gasteiger partial charge < -0.3 is 10.1 Å². The SMILES string of the molecule is CSC(=N)Nc1ccccc1Oc1ccc(Br)cc1.I. The monoisotopic (exact) mass is 464 g/mol. The second kappa shape index (κ2) is 8.53. The summed E-state index contributed by atoms with van der Waals surface area (Å²) in [5.74, 6) is 1.46. The molecule has 0 aliphatic carbocycles. The first-order valence-corrected chi connectivity index (χ1v) is 7.63. The average Bonchev–Trinajstić information content (AvgIpc) is 2.43. The summed E-state index contributed by atoms with van der Waals surface area (Å²) in [6, 6.07) is 15.2. The zero-order chi connectivity index (χ0) is 13.7. The molecule has 2 aromatic carbocycles. The van der Waals surface area contributed by atoms with Crippen molar-refractivity contribution in [3.63, 3.8) is 0 Å². The average molecular weight is 465 g/mol. The number of thioether (sulfide) groups is 1. The van der Waals surface area contributed by atoms with Gasteiger partial charge in [-0.25, -0.2) is 0 Å². The fourth-order valence-electron chi connectivity index (χ4n) is 1.46. The third kappa shape index (κ3) is 4.99. The Hall–Kier alpha value is -0.730. The third-order valence-electron chi connectivity index (χ3n) is 2.38. The van der Waals surface area contributed by atoms with Gasteiger partial charge in [0.2, 0.25) is 0 Å². The predicted octanol–water partition coefficient (Wildman–Crippen LogP) is 5.57. The standard InChI is InChI=1S/C14H13BrN2OS.HI/c1-19-14(16)17-12-4-2-3-5-13(12)18-11-8-6-10(15)7-9-11;/h2-9H,1H3,(H2,16,17);1H. The largest absolute Gasteiger partial charge is 0.455 e. The van der Waals surface area contributed by atoms with E-state index in [9.17, 15) is 0 Å². The molecule has 0 saturated carbocycles. The summed E-state index contributed by atoms with van der Waals surface area (Å²) in [5.41, 5.74) is 0.782. The number of para-hydroxylation sites is 2. The number of rotatable bonds is 3. The quantitative estimate of drug-likeness (QED) is 0.354. The van der Waals surface area contributed by atoms with E-state index in [2.05, 4.69) is 21.2 Å². The lowest BCUT2D eigenvalue weighted by atomic mass is 10.3. The molecular formula is C14H14BrIN2OS. The summed E-state index contributed by atoms with van der Waals surface area (Å²) >= 11 is 4.74. The van der Waals surface area contributed by atoms with Crippen LogP contribution in [0, 0.1) is 5.41 Å². The Bertz CT molecular complexity index is 578. The molecule has 0 aromatic heterocycles. The van der Waals surface area contributed by atoms with Crippen molar-refractivity contribution in [3.8, 4) is 11.5 Å².